The highest BCUT2D eigenvalue weighted by molar-refractivity contribution is 7.00. The molecular weight excluding hydrogens is 536 g/mol. The Kier molecular flexibility index (Phi) is 8.75. The molecule has 0 amide bonds. The van der Waals surface area contributed by atoms with Crippen LogP contribution in [-0.2, 0) is 16.0 Å². The van der Waals surface area contributed by atoms with Gasteiger partial charge in [-0.05, 0) is 54.4 Å². The number of aliphatic carboxylic acids is 1. The average molecular weight is 563 g/mol. The summed E-state index contributed by atoms with van der Waals surface area (Å²) in [6.45, 7) is 1.95. The van der Waals surface area contributed by atoms with Gasteiger partial charge in [0.2, 0.25) is 5.75 Å². The third kappa shape index (κ3) is 5.79. The monoisotopic (exact) mass is 562 g/mol. The summed E-state index contributed by atoms with van der Waals surface area (Å²) >= 11 is 1.01. The number of carbonyl (C=O) groups is 3. The van der Waals surface area contributed by atoms with Crippen LogP contribution in [0.3, 0.4) is 0 Å². The van der Waals surface area contributed by atoms with E-state index in [1.54, 1.807) is 49.4 Å². The van der Waals surface area contributed by atoms with Gasteiger partial charge in [0, 0.05) is 17.6 Å². The summed E-state index contributed by atoms with van der Waals surface area (Å²) in [6, 6.07) is 14.2. The molecule has 0 atom stereocenters. The molecule has 0 bridgehead atoms. The van der Waals surface area contributed by atoms with E-state index in [0.29, 0.717) is 33.5 Å². The zero-order valence-corrected chi connectivity index (χ0v) is 23.0. The summed E-state index contributed by atoms with van der Waals surface area (Å²) in [5.41, 5.74) is 2.34. The van der Waals surface area contributed by atoms with E-state index in [9.17, 15) is 19.5 Å². The summed E-state index contributed by atoms with van der Waals surface area (Å²) in [5.74, 6) is -1.54. The van der Waals surface area contributed by atoms with Gasteiger partial charge in [-0.3, -0.25) is 4.79 Å². The molecule has 4 aromatic rings. The fourth-order valence-electron chi connectivity index (χ4n) is 4.21. The normalized spacial score (nSPS) is 11.5. The molecule has 0 spiro atoms. The number of carbonyl (C=O) groups excluding carboxylic acids is 2. The maximum atomic E-state index is 14.1. The van der Waals surface area contributed by atoms with Gasteiger partial charge in [-0.1, -0.05) is 18.2 Å². The number of fused-ring (bicyclic) bond motifs is 1. The summed E-state index contributed by atoms with van der Waals surface area (Å²) in [4.78, 5) is 38.9. The number of nitrogens with zero attached hydrogens (tertiary/aromatic N) is 2. The first-order valence-corrected chi connectivity index (χ1v) is 12.8. The molecule has 1 heterocycles. The molecule has 0 fully saturated rings. The van der Waals surface area contributed by atoms with Crippen molar-refractivity contribution < 1.29 is 38.4 Å². The van der Waals surface area contributed by atoms with Crippen LogP contribution in [-0.4, -0.2) is 59.5 Å². The van der Waals surface area contributed by atoms with Crippen molar-refractivity contribution in [3.63, 3.8) is 0 Å². The second kappa shape index (κ2) is 12.4. The van der Waals surface area contributed by atoms with Gasteiger partial charge in [-0.25, -0.2) is 9.59 Å². The van der Waals surface area contributed by atoms with Crippen LogP contribution in [0, 0.1) is 0 Å². The Balaban J connectivity index is 1.89. The molecule has 0 aliphatic heterocycles. The lowest BCUT2D eigenvalue weighted by molar-refractivity contribution is -0.130. The Hall–Kier alpha value is -4.77. The topological polar surface area (TPSA) is 134 Å². The Bertz CT molecular complexity index is 1580. The maximum Gasteiger partial charge on any atom is 0.338 e. The SMILES string of the molecule is CCOC(=O)c1ccc(CC(C(=O)c2cc(OC)c(OC)c(OC)c2)=C(C(=O)O)c2ccc3nsnc3c2)cc1. The highest BCUT2D eigenvalue weighted by Crippen LogP contribution is 2.39. The molecule has 1 N–H and O–H groups in total. The quantitative estimate of drug-likeness (QED) is 0.153. The van der Waals surface area contributed by atoms with E-state index in [2.05, 4.69) is 8.75 Å². The number of Topliss-reactive ketones (excluding diaryl/α,β-unsaturated/α-hetero) is 1. The van der Waals surface area contributed by atoms with E-state index in [-0.39, 0.29) is 41.2 Å². The molecular formula is C29H26N2O8S. The van der Waals surface area contributed by atoms with E-state index in [0.717, 1.165) is 11.7 Å². The summed E-state index contributed by atoms with van der Waals surface area (Å²) < 4.78 is 29.6. The Morgan fingerprint density at radius 1 is 0.800 bits per heavy atom. The van der Waals surface area contributed by atoms with Crippen LogP contribution in [0.1, 0.15) is 38.8 Å². The average Bonchev–Trinajstić information content (AvgIpc) is 3.44. The molecule has 1 aromatic heterocycles. The summed E-state index contributed by atoms with van der Waals surface area (Å²) in [7, 11) is 4.29. The van der Waals surface area contributed by atoms with Crippen LogP contribution in [0.5, 0.6) is 17.2 Å². The van der Waals surface area contributed by atoms with Crippen LogP contribution in [0.25, 0.3) is 16.6 Å². The van der Waals surface area contributed by atoms with Gasteiger partial charge in [0.25, 0.3) is 0 Å². The first kappa shape index (κ1) is 28.2. The fourth-order valence-corrected chi connectivity index (χ4v) is 4.73. The van der Waals surface area contributed by atoms with Crippen molar-refractivity contribution in [3.05, 3.63) is 82.4 Å². The van der Waals surface area contributed by atoms with Gasteiger partial charge in [0.15, 0.2) is 17.3 Å². The van der Waals surface area contributed by atoms with Crippen molar-refractivity contribution >= 4 is 46.1 Å². The first-order valence-electron chi connectivity index (χ1n) is 12.1. The number of benzene rings is 3. The number of hydrogen-bond donors (Lipinski definition) is 1. The van der Waals surface area contributed by atoms with Gasteiger partial charge in [0.1, 0.15) is 11.0 Å². The van der Waals surface area contributed by atoms with Crippen molar-refractivity contribution in [2.45, 2.75) is 13.3 Å². The van der Waals surface area contributed by atoms with Gasteiger partial charge in [-0.2, -0.15) is 8.75 Å². The van der Waals surface area contributed by atoms with Crippen LogP contribution < -0.4 is 14.2 Å². The number of esters is 1. The molecule has 3 aromatic carbocycles. The van der Waals surface area contributed by atoms with E-state index >= 15 is 0 Å². The molecule has 11 heteroatoms. The lowest BCUT2D eigenvalue weighted by atomic mass is 9.89. The number of ketones is 1. The molecule has 0 radical (unpaired) electrons. The molecule has 0 aliphatic rings. The molecule has 40 heavy (non-hydrogen) atoms. The van der Waals surface area contributed by atoms with Crippen molar-refractivity contribution in [2.24, 2.45) is 0 Å². The first-order chi connectivity index (χ1) is 19.3. The summed E-state index contributed by atoms with van der Waals surface area (Å²) in [5, 5.41) is 10.4. The number of rotatable bonds is 11. The number of allylic oxidation sites excluding steroid dienone is 1. The Labute approximate surface area is 234 Å². The lowest BCUT2D eigenvalue weighted by Gasteiger charge is -2.16. The standard InChI is InChI=1S/C29H26N2O8S/c1-5-39-29(35)17-8-6-16(7-9-17)12-20(25(28(33)34)18-10-11-21-22(13-18)31-40-30-21)26(32)19-14-23(36-2)27(38-4)24(15-19)37-3/h6-11,13-15H,5,12H2,1-4H3,(H,33,34). The lowest BCUT2D eigenvalue weighted by Crippen LogP contribution is -2.15. The third-order valence-corrected chi connectivity index (χ3v) is 6.66. The van der Waals surface area contributed by atoms with Crippen LogP contribution >= 0.6 is 11.7 Å². The largest absolute Gasteiger partial charge is 0.493 e. The number of carboxylic acid groups (broad SMARTS) is 1. The molecule has 4 rings (SSSR count). The number of methoxy groups -OCH3 is 3. The maximum absolute atomic E-state index is 14.1. The minimum absolute atomic E-state index is 0.00759. The van der Waals surface area contributed by atoms with E-state index < -0.39 is 17.7 Å². The summed E-state index contributed by atoms with van der Waals surface area (Å²) in [6.07, 6.45) is -0.0480. The zero-order valence-electron chi connectivity index (χ0n) is 22.2. The van der Waals surface area contributed by atoms with Gasteiger partial charge < -0.3 is 24.1 Å². The van der Waals surface area contributed by atoms with Gasteiger partial charge >= 0.3 is 11.9 Å². The molecule has 206 valence electrons. The van der Waals surface area contributed by atoms with Crippen LogP contribution in [0.2, 0.25) is 0 Å². The van der Waals surface area contributed by atoms with Crippen molar-refractivity contribution in [2.75, 3.05) is 27.9 Å². The smallest absolute Gasteiger partial charge is 0.338 e. The van der Waals surface area contributed by atoms with E-state index in [4.69, 9.17) is 18.9 Å². The fraction of sp³-hybridized carbons (Fsp3) is 0.207. The predicted octanol–water partition coefficient (Wildman–Crippen LogP) is 4.86. The Morgan fingerprint density at radius 2 is 1.43 bits per heavy atom. The second-order valence-corrected chi connectivity index (χ2v) is 8.99. The van der Waals surface area contributed by atoms with Crippen molar-refractivity contribution in [3.8, 4) is 17.2 Å². The molecule has 10 nitrogen and oxygen atoms in total. The predicted molar refractivity (Wildman–Crippen MR) is 149 cm³/mol. The number of ether oxygens (including phenoxy) is 4. The highest BCUT2D eigenvalue weighted by Gasteiger charge is 2.26. The minimum Gasteiger partial charge on any atom is -0.493 e. The molecule has 0 saturated heterocycles. The number of carboxylic acids is 1. The molecule has 0 saturated carbocycles. The number of hydrogen-bond acceptors (Lipinski definition) is 10. The molecule has 0 aliphatic carbocycles. The zero-order chi connectivity index (χ0) is 28.8. The van der Waals surface area contributed by atoms with Crippen LogP contribution in [0.15, 0.2) is 60.2 Å². The number of aromatic nitrogens is 2. The van der Waals surface area contributed by atoms with Crippen molar-refractivity contribution in [1.82, 2.24) is 8.75 Å². The van der Waals surface area contributed by atoms with Crippen LogP contribution in [0.4, 0.5) is 0 Å². The van der Waals surface area contributed by atoms with E-state index in [1.807, 2.05) is 0 Å². The minimum atomic E-state index is -1.29. The van der Waals surface area contributed by atoms with Crippen molar-refractivity contribution in [1.29, 1.82) is 0 Å². The Morgan fingerprint density at radius 3 is 2.00 bits per heavy atom. The molecule has 0 unspecified atom stereocenters. The van der Waals surface area contributed by atoms with E-state index in [1.165, 1.54) is 33.5 Å². The second-order valence-electron chi connectivity index (χ2n) is 8.46. The third-order valence-electron chi connectivity index (χ3n) is 6.11. The highest BCUT2D eigenvalue weighted by atomic mass is 32.1. The van der Waals surface area contributed by atoms with Gasteiger partial charge in [0.05, 0.1) is 50.8 Å². The van der Waals surface area contributed by atoms with Gasteiger partial charge in [-0.15, -0.1) is 0 Å².